The van der Waals surface area contributed by atoms with Crippen molar-refractivity contribution < 1.29 is 4.57 Å². The standard InChI is InChI=1S/C16H15Cl2N2/c1-2-19-11-20(16(18)15(19)17)10-12-7-8-13-5-3-4-6-14(13)9-12/h3-9,11H,2,10H2,1H3/q+1. The van der Waals surface area contributed by atoms with E-state index in [0.29, 0.717) is 10.3 Å². The van der Waals surface area contributed by atoms with Crippen LogP contribution in [0.25, 0.3) is 10.8 Å². The maximum Gasteiger partial charge on any atom is 0.255 e. The molecule has 0 spiro atoms. The SMILES string of the molecule is CCn1c[n+](Cc2ccc3ccccc3c2)c(Cl)c1Cl. The van der Waals surface area contributed by atoms with E-state index in [0.717, 1.165) is 13.1 Å². The molecule has 0 atom stereocenters. The Balaban J connectivity index is 1.96. The van der Waals surface area contributed by atoms with Crippen molar-refractivity contribution in [3.63, 3.8) is 0 Å². The van der Waals surface area contributed by atoms with Gasteiger partial charge in [0.1, 0.15) is 6.54 Å². The number of rotatable bonds is 3. The van der Waals surface area contributed by atoms with E-state index in [4.69, 9.17) is 23.2 Å². The van der Waals surface area contributed by atoms with E-state index in [2.05, 4.69) is 42.5 Å². The molecule has 0 aliphatic heterocycles. The zero-order valence-corrected chi connectivity index (χ0v) is 12.7. The summed E-state index contributed by atoms with van der Waals surface area (Å²) in [6, 6.07) is 14.8. The number of hydrogen-bond acceptors (Lipinski definition) is 0. The number of aromatic nitrogens is 2. The van der Waals surface area contributed by atoms with E-state index < -0.39 is 0 Å². The van der Waals surface area contributed by atoms with Crippen LogP contribution in [0.1, 0.15) is 12.5 Å². The van der Waals surface area contributed by atoms with Gasteiger partial charge in [-0.15, -0.1) is 0 Å². The highest BCUT2D eigenvalue weighted by Gasteiger charge is 2.19. The average Bonchev–Trinajstić information content (AvgIpc) is 2.75. The van der Waals surface area contributed by atoms with Gasteiger partial charge in [-0.1, -0.05) is 36.4 Å². The summed E-state index contributed by atoms with van der Waals surface area (Å²) in [5.41, 5.74) is 1.21. The summed E-state index contributed by atoms with van der Waals surface area (Å²) in [7, 11) is 0. The zero-order valence-electron chi connectivity index (χ0n) is 11.2. The molecule has 0 N–H and O–H groups in total. The van der Waals surface area contributed by atoms with Gasteiger partial charge in [0.2, 0.25) is 6.33 Å². The van der Waals surface area contributed by atoms with Gasteiger partial charge in [-0.05, 0) is 52.5 Å². The molecule has 0 saturated carbocycles. The molecule has 0 saturated heterocycles. The number of halogens is 2. The van der Waals surface area contributed by atoms with Crippen LogP contribution in [0.5, 0.6) is 0 Å². The van der Waals surface area contributed by atoms with Gasteiger partial charge in [-0.3, -0.25) is 0 Å². The van der Waals surface area contributed by atoms with Gasteiger partial charge < -0.3 is 0 Å². The predicted octanol–water partition coefficient (Wildman–Crippen LogP) is 4.30. The molecule has 0 aliphatic rings. The second-order valence-electron chi connectivity index (χ2n) is 4.79. The number of nitrogens with zero attached hydrogens (tertiary/aromatic N) is 2. The van der Waals surface area contributed by atoms with Crippen LogP contribution in [0.3, 0.4) is 0 Å². The Bertz CT molecular complexity index is 762. The number of imidazole rings is 1. The molecule has 1 heterocycles. The van der Waals surface area contributed by atoms with Crippen LogP contribution < -0.4 is 4.57 Å². The summed E-state index contributed by atoms with van der Waals surface area (Å²) < 4.78 is 3.91. The number of aryl methyl sites for hydroxylation is 1. The topological polar surface area (TPSA) is 8.81 Å². The minimum atomic E-state index is 0.585. The van der Waals surface area contributed by atoms with E-state index in [9.17, 15) is 0 Å². The molecule has 0 fully saturated rings. The van der Waals surface area contributed by atoms with Gasteiger partial charge in [0, 0.05) is 0 Å². The van der Waals surface area contributed by atoms with Crippen LogP contribution in [-0.4, -0.2) is 4.57 Å². The third-order valence-corrected chi connectivity index (χ3v) is 4.35. The van der Waals surface area contributed by atoms with Gasteiger partial charge in [0.05, 0.1) is 6.54 Å². The van der Waals surface area contributed by atoms with Crippen LogP contribution in [0.4, 0.5) is 0 Å². The lowest BCUT2D eigenvalue weighted by Crippen LogP contribution is -2.33. The molecular weight excluding hydrogens is 291 g/mol. The molecule has 20 heavy (non-hydrogen) atoms. The molecule has 0 unspecified atom stereocenters. The molecule has 102 valence electrons. The quantitative estimate of drug-likeness (QED) is 0.638. The Kier molecular flexibility index (Phi) is 3.68. The Morgan fingerprint density at radius 1 is 1.05 bits per heavy atom. The first-order chi connectivity index (χ1) is 9.69. The van der Waals surface area contributed by atoms with E-state index in [-0.39, 0.29) is 0 Å². The maximum atomic E-state index is 6.27. The van der Waals surface area contributed by atoms with Gasteiger partial charge in [0.15, 0.2) is 0 Å². The fourth-order valence-electron chi connectivity index (χ4n) is 2.37. The predicted molar refractivity (Wildman–Crippen MR) is 83.4 cm³/mol. The summed E-state index contributed by atoms with van der Waals surface area (Å²) in [5.74, 6) is 0. The summed E-state index contributed by atoms with van der Waals surface area (Å²) in [6.07, 6.45) is 1.96. The third kappa shape index (κ3) is 2.41. The Hall–Kier alpha value is -1.51. The third-order valence-electron chi connectivity index (χ3n) is 3.46. The molecule has 0 aliphatic carbocycles. The highest BCUT2D eigenvalue weighted by Crippen LogP contribution is 2.20. The number of hydrogen-bond donors (Lipinski definition) is 0. The summed E-state index contributed by atoms with van der Waals surface area (Å²) in [5, 5.41) is 3.66. The van der Waals surface area contributed by atoms with Crippen LogP contribution >= 0.6 is 23.2 Å². The molecule has 3 aromatic rings. The fraction of sp³-hybridized carbons (Fsp3) is 0.188. The van der Waals surface area contributed by atoms with Gasteiger partial charge in [0.25, 0.3) is 10.3 Å². The van der Waals surface area contributed by atoms with E-state index in [1.807, 2.05) is 22.4 Å². The largest absolute Gasteiger partial charge is 0.255 e. The first kappa shape index (κ1) is 13.5. The first-order valence-corrected chi connectivity index (χ1v) is 7.36. The average molecular weight is 306 g/mol. The molecule has 2 aromatic carbocycles. The highest BCUT2D eigenvalue weighted by molar-refractivity contribution is 6.39. The second-order valence-corrected chi connectivity index (χ2v) is 5.51. The van der Waals surface area contributed by atoms with Crippen LogP contribution in [0.2, 0.25) is 10.3 Å². The fourth-order valence-corrected chi connectivity index (χ4v) is 2.85. The normalized spacial score (nSPS) is 11.2. The van der Waals surface area contributed by atoms with Crippen molar-refractivity contribution >= 4 is 34.0 Å². The minimum Gasteiger partial charge on any atom is -0.219 e. The number of benzene rings is 2. The highest BCUT2D eigenvalue weighted by atomic mass is 35.5. The maximum absolute atomic E-state index is 6.27. The van der Waals surface area contributed by atoms with Crippen molar-refractivity contribution in [2.24, 2.45) is 0 Å². The van der Waals surface area contributed by atoms with Gasteiger partial charge in [-0.25, -0.2) is 9.13 Å². The van der Waals surface area contributed by atoms with Crippen molar-refractivity contribution in [1.29, 1.82) is 0 Å². The second kappa shape index (κ2) is 5.47. The zero-order chi connectivity index (χ0) is 14.1. The molecular formula is C16H15Cl2N2+. The molecule has 0 amide bonds. The van der Waals surface area contributed by atoms with Crippen molar-refractivity contribution in [2.75, 3.05) is 0 Å². The molecule has 3 rings (SSSR count). The first-order valence-electron chi connectivity index (χ1n) is 6.60. The smallest absolute Gasteiger partial charge is 0.219 e. The molecule has 0 radical (unpaired) electrons. The van der Waals surface area contributed by atoms with E-state index in [1.165, 1.54) is 16.3 Å². The lowest BCUT2D eigenvalue weighted by atomic mass is 10.1. The molecule has 0 bridgehead atoms. The Labute approximate surface area is 128 Å². The van der Waals surface area contributed by atoms with Gasteiger partial charge >= 0.3 is 0 Å². The van der Waals surface area contributed by atoms with Crippen LogP contribution in [-0.2, 0) is 13.1 Å². The van der Waals surface area contributed by atoms with Crippen molar-refractivity contribution in [1.82, 2.24) is 4.57 Å². The van der Waals surface area contributed by atoms with E-state index in [1.54, 1.807) is 0 Å². The van der Waals surface area contributed by atoms with Crippen molar-refractivity contribution in [3.05, 3.63) is 64.7 Å². The summed E-state index contributed by atoms with van der Waals surface area (Å²) >= 11 is 12.5. The monoisotopic (exact) mass is 305 g/mol. The van der Waals surface area contributed by atoms with E-state index >= 15 is 0 Å². The summed E-state index contributed by atoms with van der Waals surface area (Å²) in [6.45, 7) is 3.57. The minimum absolute atomic E-state index is 0.585. The summed E-state index contributed by atoms with van der Waals surface area (Å²) in [4.78, 5) is 0. The van der Waals surface area contributed by atoms with Crippen molar-refractivity contribution in [3.8, 4) is 0 Å². The Morgan fingerprint density at radius 2 is 1.80 bits per heavy atom. The lowest BCUT2D eigenvalue weighted by Gasteiger charge is -2.02. The number of fused-ring (bicyclic) bond motifs is 1. The lowest BCUT2D eigenvalue weighted by molar-refractivity contribution is -0.685. The Morgan fingerprint density at radius 3 is 2.50 bits per heavy atom. The van der Waals surface area contributed by atoms with Crippen LogP contribution in [0.15, 0.2) is 48.8 Å². The van der Waals surface area contributed by atoms with Gasteiger partial charge in [-0.2, -0.15) is 0 Å². The van der Waals surface area contributed by atoms with Crippen LogP contribution in [0, 0.1) is 0 Å². The molecule has 2 nitrogen and oxygen atoms in total. The molecule has 4 heteroatoms. The molecule has 1 aromatic heterocycles. The van der Waals surface area contributed by atoms with Crippen molar-refractivity contribution in [2.45, 2.75) is 20.0 Å².